The summed E-state index contributed by atoms with van der Waals surface area (Å²) in [5, 5.41) is 10.1. The van der Waals surface area contributed by atoms with Crippen LogP contribution in [0.1, 0.15) is 33.3 Å². The van der Waals surface area contributed by atoms with Crippen molar-refractivity contribution in [1.29, 1.82) is 5.26 Å². The second kappa shape index (κ2) is 6.23. The van der Waals surface area contributed by atoms with Crippen molar-refractivity contribution in [3.8, 4) is 6.07 Å². The number of fused-ring (bicyclic) bond motifs is 1. The Morgan fingerprint density at radius 2 is 2.00 bits per heavy atom. The first-order valence-electron chi connectivity index (χ1n) is 7.23. The lowest BCUT2D eigenvalue weighted by atomic mass is 10.0. The van der Waals surface area contributed by atoms with Gasteiger partial charge in [0.15, 0.2) is 4.83 Å². The number of hydrogen-bond donors (Lipinski definition) is 2. The van der Waals surface area contributed by atoms with Crippen molar-refractivity contribution in [3.63, 3.8) is 0 Å². The van der Waals surface area contributed by atoms with E-state index >= 15 is 0 Å². The lowest BCUT2D eigenvalue weighted by molar-refractivity contribution is -0.323. The average molecular weight is 402 g/mol. The molecule has 0 saturated heterocycles. The number of nitriles is 1. The molecule has 0 bridgehead atoms. The molecule has 5 N–H and O–H groups in total. The van der Waals surface area contributed by atoms with Crippen molar-refractivity contribution in [2.75, 3.05) is 11.5 Å². The molecule has 0 aliphatic rings. The van der Waals surface area contributed by atoms with E-state index in [0.29, 0.717) is 44.1 Å². The summed E-state index contributed by atoms with van der Waals surface area (Å²) in [4.78, 5) is 16.9. The van der Waals surface area contributed by atoms with E-state index < -0.39 is 0 Å². The molecule has 7 heteroatoms. The zero-order valence-electron chi connectivity index (χ0n) is 12.8. The van der Waals surface area contributed by atoms with E-state index in [4.69, 9.17) is 11.5 Å². The Hall–Kier alpha value is -2.43. The van der Waals surface area contributed by atoms with Gasteiger partial charge in [0.05, 0.1) is 11.1 Å². The molecule has 1 aromatic carbocycles. The molecule has 0 amide bonds. The van der Waals surface area contributed by atoms with Crippen LogP contribution in [0.2, 0.25) is 0 Å². The molecule has 0 aliphatic heterocycles. The van der Waals surface area contributed by atoms with Gasteiger partial charge in [0.2, 0.25) is 5.78 Å². The van der Waals surface area contributed by atoms with Crippen LogP contribution < -0.4 is 16.5 Å². The number of carbonyl (C=O) groups excluding carboxylic acids is 1. The molecular formula is C17H14BrN4OS+. The van der Waals surface area contributed by atoms with E-state index in [2.05, 4.69) is 27.0 Å². The fraction of sp³-hybridized carbons (Fsp3) is 0.118. The third-order valence-electron chi connectivity index (χ3n) is 3.84. The van der Waals surface area contributed by atoms with Gasteiger partial charge in [-0.3, -0.25) is 10.5 Å². The van der Waals surface area contributed by atoms with Crippen molar-refractivity contribution in [3.05, 3.63) is 50.3 Å². The van der Waals surface area contributed by atoms with Crippen molar-refractivity contribution in [2.24, 2.45) is 0 Å². The van der Waals surface area contributed by atoms with Crippen molar-refractivity contribution in [1.82, 2.24) is 0 Å². The predicted octanol–water partition coefficient (Wildman–Crippen LogP) is 3.31. The number of anilines is 2. The maximum atomic E-state index is 12.8. The largest absolute Gasteiger partial charge is 0.397 e. The van der Waals surface area contributed by atoms with E-state index in [1.54, 1.807) is 12.1 Å². The Morgan fingerprint density at radius 3 is 2.58 bits per heavy atom. The smallest absolute Gasteiger partial charge is 0.289 e. The third kappa shape index (κ3) is 2.54. The summed E-state index contributed by atoms with van der Waals surface area (Å²) < 4.78 is 0.899. The van der Waals surface area contributed by atoms with Crippen LogP contribution in [0.5, 0.6) is 0 Å². The lowest BCUT2D eigenvalue weighted by Gasteiger charge is -2.04. The topological polar surface area (TPSA) is 107 Å². The van der Waals surface area contributed by atoms with Gasteiger partial charge in [0.1, 0.15) is 16.5 Å². The highest BCUT2D eigenvalue weighted by molar-refractivity contribution is 9.10. The molecular weight excluding hydrogens is 388 g/mol. The highest BCUT2D eigenvalue weighted by Crippen LogP contribution is 2.37. The molecule has 0 unspecified atom stereocenters. The number of halogens is 1. The van der Waals surface area contributed by atoms with Crippen molar-refractivity contribution < 1.29 is 9.78 Å². The Kier molecular flexibility index (Phi) is 4.26. The van der Waals surface area contributed by atoms with Crippen LogP contribution in [0, 0.1) is 11.3 Å². The zero-order chi connectivity index (χ0) is 17.4. The number of carbonyl (C=O) groups is 1. The number of nitrogens with zero attached hydrogens (tertiary/aromatic N) is 1. The minimum Gasteiger partial charge on any atom is -0.397 e. The molecule has 0 fully saturated rings. The molecule has 120 valence electrons. The van der Waals surface area contributed by atoms with E-state index in [9.17, 15) is 10.1 Å². The van der Waals surface area contributed by atoms with Gasteiger partial charge in [0.25, 0.3) is 5.82 Å². The first-order chi connectivity index (χ1) is 11.5. The second-order valence-electron chi connectivity index (χ2n) is 5.24. The maximum Gasteiger partial charge on any atom is 0.289 e. The molecule has 0 aliphatic carbocycles. The van der Waals surface area contributed by atoms with Gasteiger partial charge in [-0.1, -0.05) is 34.2 Å². The highest BCUT2D eigenvalue weighted by atomic mass is 79.9. The summed E-state index contributed by atoms with van der Waals surface area (Å²) in [7, 11) is 0. The number of rotatable bonds is 3. The van der Waals surface area contributed by atoms with E-state index in [0.717, 1.165) is 10.0 Å². The van der Waals surface area contributed by atoms with Crippen LogP contribution in [-0.4, -0.2) is 5.78 Å². The Balaban J connectivity index is 2.24. The minimum absolute atomic E-state index is 0.145. The minimum atomic E-state index is -0.145. The van der Waals surface area contributed by atoms with Crippen LogP contribution in [-0.2, 0) is 6.42 Å². The number of nitrogens with one attached hydrogen (secondary N) is 1. The summed E-state index contributed by atoms with van der Waals surface area (Å²) in [6.07, 6.45) is 0.602. The van der Waals surface area contributed by atoms with Gasteiger partial charge >= 0.3 is 0 Å². The van der Waals surface area contributed by atoms with Gasteiger partial charge in [-0.15, -0.1) is 0 Å². The first kappa shape index (κ1) is 16.4. The van der Waals surface area contributed by atoms with Crippen LogP contribution in [0.4, 0.5) is 11.5 Å². The van der Waals surface area contributed by atoms with Gasteiger partial charge in [-0.05, 0) is 36.2 Å². The molecule has 3 rings (SSSR count). The molecule has 0 atom stereocenters. The van der Waals surface area contributed by atoms with Crippen LogP contribution in [0.15, 0.2) is 28.7 Å². The highest BCUT2D eigenvalue weighted by Gasteiger charge is 2.25. The molecule has 0 saturated carbocycles. The summed E-state index contributed by atoms with van der Waals surface area (Å²) in [5.41, 5.74) is 14.3. The number of ketones is 1. The summed E-state index contributed by atoms with van der Waals surface area (Å²) in [6, 6.07) is 9.23. The standard InChI is InChI=1S/C17H13BrN4OS/c1-2-10-11(7-19)16(21)22-17-12(10)13(20)15(24-17)14(23)8-3-5-9(18)6-4-8/h3-6H,2,20H2,1H3,(H2,21,22)/p+1. The second-order valence-corrected chi connectivity index (χ2v) is 7.18. The summed E-state index contributed by atoms with van der Waals surface area (Å²) in [6.45, 7) is 1.93. The number of H-pyrrole nitrogens is 1. The van der Waals surface area contributed by atoms with Crippen molar-refractivity contribution in [2.45, 2.75) is 13.3 Å². The fourth-order valence-corrected chi connectivity index (χ4v) is 4.07. The lowest BCUT2D eigenvalue weighted by Crippen LogP contribution is -2.14. The van der Waals surface area contributed by atoms with Gasteiger partial charge in [-0.2, -0.15) is 5.26 Å². The number of nitrogen functional groups attached to an aromatic ring is 2. The molecule has 2 aromatic heterocycles. The molecule has 5 nitrogen and oxygen atoms in total. The molecule has 2 heterocycles. The van der Waals surface area contributed by atoms with Crippen LogP contribution >= 0.6 is 27.3 Å². The maximum absolute atomic E-state index is 12.8. The zero-order valence-corrected chi connectivity index (χ0v) is 15.2. The number of nitrogens with two attached hydrogens (primary N) is 2. The van der Waals surface area contributed by atoms with Gasteiger partial charge in [-0.25, -0.2) is 4.98 Å². The number of aromatic nitrogens is 1. The molecule has 24 heavy (non-hydrogen) atoms. The Labute approximate surface area is 151 Å². The number of aromatic amines is 1. The van der Waals surface area contributed by atoms with Crippen molar-refractivity contribution >= 4 is 54.8 Å². The SMILES string of the molecule is CCc1c(C#N)c(N)[nH+]c2sc(C(=O)c3ccc(Br)cc3)c(N)c12. The Bertz CT molecular complexity index is 1000. The number of aryl methyl sites for hydroxylation is 1. The number of thiophene rings is 1. The van der Waals surface area contributed by atoms with Crippen LogP contribution in [0.25, 0.3) is 10.2 Å². The van der Waals surface area contributed by atoms with Gasteiger partial charge < -0.3 is 5.73 Å². The van der Waals surface area contributed by atoms with E-state index in [1.165, 1.54) is 11.3 Å². The summed E-state index contributed by atoms with van der Waals surface area (Å²) in [5.74, 6) is 0.152. The fourth-order valence-electron chi connectivity index (χ4n) is 2.69. The number of benzene rings is 1. The van der Waals surface area contributed by atoms with Crippen LogP contribution in [0.3, 0.4) is 0 Å². The normalized spacial score (nSPS) is 10.7. The number of hydrogen-bond acceptors (Lipinski definition) is 5. The third-order valence-corrected chi connectivity index (χ3v) is 5.49. The average Bonchev–Trinajstić information content (AvgIpc) is 2.90. The van der Waals surface area contributed by atoms with E-state index in [1.807, 2.05) is 19.1 Å². The number of pyridine rings is 1. The quantitative estimate of drug-likeness (QED) is 0.656. The summed E-state index contributed by atoms with van der Waals surface area (Å²) >= 11 is 4.62. The molecule has 0 spiro atoms. The monoisotopic (exact) mass is 401 g/mol. The first-order valence-corrected chi connectivity index (χ1v) is 8.84. The Morgan fingerprint density at radius 1 is 1.33 bits per heavy atom. The molecule has 3 aromatic rings. The molecule has 0 radical (unpaired) electrons. The van der Waals surface area contributed by atoms with Gasteiger partial charge in [0, 0.05) is 10.0 Å². The predicted molar refractivity (Wildman–Crippen MR) is 98.9 cm³/mol. The van der Waals surface area contributed by atoms with E-state index in [-0.39, 0.29) is 5.78 Å².